The van der Waals surface area contributed by atoms with Gasteiger partial charge < -0.3 is 4.90 Å². The van der Waals surface area contributed by atoms with E-state index in [4.69, 9.17) is 0 Å². The van der Waals surface area contributed by atoms with Crippen LogP contribution < -0.4 is 4.90 Å². The van der Waals surface area contributed by atoms with Crippen LogP contribution in [0.1, 0.15) is 70.7 Å². The number of anilines is 2. The van der Waals surface area contributed by atoms with Crippen molar-refractivity contribution in [3.8, 4) is 22.3 Å². The third-order valence-electron chi connectivity index (χ3n) is 7.91. The molecular formula is C35H39N. The Morgan fingerprint density at radius 2 is 1.36 bits per heavy atom. The number of fused-ring (bicyclic) bond motifs is 3. The molecule has 0 bridgehead atoms. The van der Waals surface area contributed by atoms with E-state index in [-0.39, 0.29) is 11.0 Å². The monoisotopic (exact) mass is 473 g/mol. The van der Waals surface area contributed by atoms with E-state index in [2.05, 4.69) is 138 Å². The van der Waals surface area contributed by atoms with Crippen molar-refractivity contribution in [1.82, 2.24) is 0 Å². The van der Waals surface area contributed by atoms with E-state index in [0.717, 1.165) is 12.8 Å². The topological polar surface area (TPSA) is 3.24 Å². The van der Waals surface area contributed by atoms with Gasteiger partial charge in [0, 0.05) is 22.3 Å². The molecule has 0 N–H and O–H groups in total. The summed E-state index contributed by atoms with van der Waals surface area (Å²) in [6.07, 6.45) is 1.99. The van der Waals surface area contributed by atoms with Gasteiger partial charge in [0.2, 0.25) is 0 Å². The van der Waals surface area contributed by atoms with Crippen molar-refractivity contribution in [2.75, 3.05) is 4.90 Å². The molecule has 36 heavy (non-hydrogen) atoms. The summed E-state index contributed by atoms with van der Waals surface area (Å²) in [5.74, 6) is 0. The highest BCUT2D eigenvalue weighted by atomic mass is 15.2. The van der Waals surface area contributed by atoms with Crippen LogP contribution in [0.3, 0.4) is 0 Å². The summed E-state index contributed by atoms with van der Waals surface area (Å²) < 4.78 is 0. The molecule has 4 aromatic rings. The predicted molar refractivity (Wildman–Crippen MR) is 157 cm³/mol. The minimum atomic E-state index is -0.0922. The molecule has 0 atom stereocenters. The Morgan fingerprint density at radius 3 is 2.03 bits per heavy atom. The van der Waals surface area contributed by atoms with Crippen molar-refractivity contribution in [2.24, 2.45) is 0 Å². The van der Waals surface area contributed by atoms with Crippen LogP contribution in [-0.2, 0) is 18.3 Å². The molecule has 4 aromatic carbocycles. The minimum Gasteiger partial charge on any atom is -0.336 e. The van der Waals surface area contributed by atoms with Gasteiger partial charge in [-0.25, -0.2) is 0 Å². The van der Waals surface area contributed by atoms with Crippen LogP contribution in [0.25, 0.3) is 22.3 Å². The Labute approximate surface area is 217 Å². The first-order valence-corrected chi connectivity index (χ1v) is 13.4. The second-order valence-corrected chi connectivity index (χ2v) is 11.6. The molecule has 0 spiro atoms. The van der Waals surface area contributed by atoms with E-state index >= 15 is 0 Å². The van der Waals surface area contributed by atoms with E-state index in [1.54, 1.807) is 0 Å². The normalized spacial score (nSPS) is 13.9. The molecule has 0 amide bonds. The van der Waals surface area contributed by atoms with Crippen LogP contribution in [0.2, 0.25) is 0 Å². The molecule has 0 aromatic heterocycles. The van der Waals surface area contributed by atoms with Crippen LogP contribution in [0.5, 0.6) is 0 Å². The van der Waals surface area contributed by atoms with Crippen molar-refractivity contribution < 1.29 is 0 Å². The molecule has 1 heteroatoms. The number of aryl methyl sites for hydroxylation is 1. The second kappa shape index (κ2) is 8.96. The van der Waals surface area contributed by atoms with Gasteiger partial charge in [-0.3, -0.25) is 0 Å². The van der Waals surface area contributed by atoms with E-state index in [1.807, 2.05) is 0 Å². The average Bonchev–Trinajstić information content (AvgIpc) is 3.10. The maximum absolute atomic E-state index is 2.60. The van der Waals surface area contributed by atoms with Crippen molar-refractivity contribution in [3.05, 3.63) is 107 Å². The molecule has 0 heterocycles. The van der Waals surface area contributed by atoms with Gasteiger partial charge >= 0.3 is 0 Å². The molecule has 0 fully saturated rings. The van der Waals surface area contributed by atoms with Gasteiger partial charge in [-0.15, -0.1) is 0 Å². The summed E-state index contributed by atoms with van der Waals surface area (Å²) in [6, 6.07) is 31.6. The molecule has 184 valence electrons. The zero-order valence-corrected chi connectivity index (χ0v) is 22.9. The van der Waals surface area contributed by atoms with Gasteiger partial charge in [0.25, 0.3) is 0 Å². The lowest BCUT2D eigenvalue weighted by molar-refractivity contribution is 0.557. The van der Waals surface area contributed by atoms with Gasteiger partial charge in [0.1, 0.15) is 0 Å². The number of hydrogen-bond acceptors (Lipinski definition) is 1. The standard InChI is InChI=1S/C35H39N/c1-8-24-19-20-26(25-15-11-10-12-16-25)23-32(24)36(34(3,4)5)31-22-21-30-33(27(31)9-2)28-17-13-14-18-29(28)35(30,6)7/h10-23H,8-9H2,1-7H3. The van der Waals surface area contributed by atoms with E-state index in [9.17, 15) is 0 Å². The first kappa shape index (κ1) is 24.4. The second-order valence-electron chi connectivity index (χ2n) is 11.6. The predicted octanol–water partition coefficient (Wildman–Crippen LogP) is 9.72. The molecule has 1 aliphatic carbocycles. The van der Waals surface area contributed by atoms with Crippen LogP contribution in [0, 0.1) is 0 Å². The lowest BCUT2D eigenvalue weighted by Crippen LogP contribution is -2.39. The van der Waals surface area contributed by atoms with Gasteiger partial charge in [-0.05, 0) is 90.3 Å². The SMILES string of the molecule is CCc1ccc(-c2ccccc2)cc1N(c1ccc2c(c1CC)-c1ccccc1C2(C)C)C(C)(C)C. The molecule has 0 unspecified atom stereocenters. The van der Waals surface area contributed by atoms with Crippen LogP contribution in [0.15, 0.2) is 84.9 Å². The minimum absolute atomic E-state index is 0.0166. The lowest BCUT2D eigenvalue weighted by Gasteiger charge is -2.41. The third-order valence-corrected chi connectivity index (χ3v) is 7.91. The Morgan fingerprint density at radius 1 is 0.667 bits per heavy atom. The lowest BCUT2D eigenvalue weighted by atomic mass is 9.81. The molecular weight excluding hydrogens is 434 g/mol. The van der Waals surface area contributed by atoms with E-state index < -0.39 is 0 Å². The fraction of sp³-hybridized carbons (Fsp3) is 0.314. The van der Waals surface area contributed by atoms with Gasteiger partial charge in [-0.2, -0.15) is 0 Å². The molecule has 0 saturated carbocycles. The maximum Gasteiger partial charge on any atom is 0.0454 e. The zero-order valence-electron chi connectivity index (χ0n) is 22.9. The highest BCUT2D eigenvalue weighted by molar-refractivity contribution is 5.89. The highest BCUT2D eigenvalue weighted by Gasteiger charge is 2.38. The van der Waals surface area contributed by atoms with Crippen LogP contribution >= 0.6 is 0 Å². The Kier molecular flexibility index (Phi) is 6.07. The third kappa shape index (κ3) is 3.86. The number of rotatable bonds is 5. The largest absolute Gasteiger partial charge is 0.336 e. The first-order chi connectivity index (χ1) is 17.2. The number of hydrogen-bond donors (Lipinski definition) is 0. The van der Waals surface area contributed by atoms with Crippen molar-refractivity contribution in [1.29, 1.82) is 0 Å². The molecule has 1 aliphatic rings. The smallest absolute Gasteiger partial charge is 0.0454 e. The molecule has 5 rings (SSSR count). The Balaban J connectivity index is 1.78. The molecule has 0 radical (unpaired) electrons. The summed E-state index contributed by atoms with van der Waals surface area (Å²) in [7, 11) is 0. The molecule has 0 saturated heterocycles. The quantitative estimate of drug-likeness (QED) is 0.279. The van der Waals surface area contributed by atoms with Gasteiger partial charge in [0.15, 0.2) is 0 Å². The Hall–Kier alpha value is -3.32. The fourth-order valence-electron chi connectivity index (χ4n) is 6.16. The van der Waals surface area contributed by atoms with E-state index in [0.29, 0.717) is 0 Å². The Bertz CT molecular complexity index is 1400. The highest BCUT2D eigenvalue weighted by Crippen LogP contribution is 2.53. The van der Waals surface area contributed by atoms with Crippen molar-refractivity contribution >= 4 is 11.4 Å². The first-order valence-electron chi connectivity index (χ1n) is 13.4. The summed E-state index contributed by atoms with van der Waals surface area (Å²) in [6.45, 7) is 16.3. The fourth-order valence-corrected chi connectivity index (χ4v) is 6.16. The zero-order chi connectivity index (χ0) is 25.7. The summed E-state index contributed by atoms with van der Waals surface area (Å²) in [5.41, 5.74) is 13.7. The summed E-state index contributed by atoms with van der Waals surface area (Å²) in [5, 5.41) is 0. The number of benzene rings is 4. The summed E-state index contributed by atoms with van der Waals surface area (Å²) >= 11 is 0. The van der Waals surface area contributed by atoms with Crippen LogP contribution in [0.4, 0.5) is 11.4 Å². The average molecular weight is 474 g/mol. The van der Waals surface area contributed by atoms with Crippen LogP contribution in [-0.4, -0.2) is 5.54 Å². The summed E-state index contributed by atoms with van der Waals surface area (Å²) in [4.78, 5) is 2.60. The maximum atomic E-state index is 2.60. The van der Waals surface area contributed by atoms with Gasteiger partial charge in [0.05, 0.1) is 0 Å². The number of nitrogens with zero attached hydrogens (tertiary/aromatic N) is 1. The van der Waals surface area contributed by atoms with Crippen molar-refractivity contribution in [2.45, 2.75) is 72.3 Å². The van der Waals surface area contributed by atoms with Crippen molar-refractivity contribution in [3.63, 3.8) is 0 Å². The van der Waals surface area contributed by atoms with E-state index in [1.165, 1.54) is 55.9 Å². The molecule has 1 nitrogen and oxygen atoms in total. The van der Waals surface area contributed by atoms with Gasteiger partial charge in [-0.1, -0.05) is 100 Å². The molecule has 0 aliphatic heterocycles.